The number of hydrogen-bond acceptors (Lipinski definition) is 3. The van der Waals surface area contributed by atoms with Crippen LogP contribution in [0.25, 0.3) is 0 Å². The fourth-order valence-electron chi connectivity index (χ4n) is 1.70. The molecule has 0 aliphatic heterocycles. The topological polar surface area (TPSA) is 47.1 Å². The van der Waals surface area contributed by atoms with Crippen molar-refractivity contribution in [3.63, 3.8) is 0 Å². The number of thiocarbonyl (C=S) groups is 1. The normalized spacial score (nSPS) is 10.9. The zero-order valence-corrected chi connectivity index (χ0v) is 10.8. The molecule has 2 N–H and O–H groups in total. The molecule has 0 fully saturated rings. The van der Waals surface area contributed by atoms with E-state index in [9.17, 15) is 0 Å². The van der Waals surface area contributed by atoms with E-state index < -0.39 is 0 Å². The van der Waals surface area contributed by atoms with Crippen molar-refractivity contribution in [2.75, 3.05) is 19.6 Å². The van der Waals surface area contributed by atoms with Crippen molar-refractivity contribution in [1.29, 1.82) is 0 Å². The number of aryl methyl sites for hydroxylation is 1. The van der Waals surface area contributed by atoms with Crippen molar-refractivity contribution >= 4 is 17.2 Å². The fourth-order valence-corrected chi connectivity index (χ4v) is 1.88. The van der Waals surface area contributed by atoms with Gasteiger partial charge in [0, 0.05) is 39.0 Å². The van der Waals surface area contributed by atoms with Crippen molar-refractivity contribution in [2.45, 2.75) is 19.8 Å². The Bertz CT molecular complexity index is 334. The molecule has 0 aliphatic carbocycles. The summed E-state index contributed by atoms with van der Waals surface area (Å²) in [6.45, 7) is 4.85. The maximum Gasteiger partial charge on any atom is 0.109 e. The number of rotatable bonds is 7. The third-order valence-corrected chi connectivity index (χ3v) is 2.62. The molecule has 5 heteroatoms. The minimum absolute atomic E-state index is 0.563. The van der Waals surface area contributed by atoms with Crippen LogP contribution in [0.2, 0.25) is 0 Å². The van der Waals surface area contributed by atoms with Gasteiger partial charge in [0.1, 0.15) is 5.82 Å². The minimum atomic E-state index is 0.563. The van der Waals surface area contributed by atoms with Gasteiger partial charge in [-0.15, -0.1) is 0 Å². The first-order valence-electron chi connectivity index (χ1n) is 5.60. The lowest BCUT2D eigenvalue weighted by Crippen LogP contribution is -2.35. The lowest BCUT2D eigenvalue weighted by Gasteiger charge is -2.20. The Morgan fingerprint density at radius 3 is 2.81 bits per heavy atom. The van der Waals surface area contributed by atoms with Gasteiger partial charge < -0.3 is 10.3 Å². The SMILES string of the molecule is CCCN(CCc1nccn1C)CC(N)=S. The van der Waals surface area contributed by atoms with E-state index in [-0.39, 0.29) is 0 Å². The molecule has 1 heterocycles. The van der Waals surface area contributed by atoms with E-state index in [4.69, 9.17) is 18.0 Å². The van der Waals surface area contributed by atoms with Crippen LogP contribution in [0.5, 0.6) is 0 Å². The highest BCUT2D eigenvalue weighted by Crippen LogP contribution is 1.99. The van der Waals surface area contributed by atoms with E-state index in [0.717, 1.165) is 31.8 Å². The molecule has 1 aromatic rings. The molecule has 4 nitrogen and oxygen atoms in total. The quantitative estimate of drug-likeness (QED) is 0.721. The average Bonchev–Trinajstić information content (AvgIpc) is 2.60. The Hall–Kier alpha value is -0.940. The first kappa shape index (κ1) is 13.1. The first-order valence-corrected chi connectivity index (χ1v) is 6.01. The van der Waals surface area contributed by atoms with Crippen LogP contribution in [-0.4, -0.2) is 39.1 Å². The lowest BCUT2D eigenvalue weighted by molar-refractivity contribution is 0.313. The molecule has 0 spiro atoms. The second-order valence-corrected chi connectivity index (χ2v) is 4.47. The van der Waals surface area contributed by atoms with Crippen LogP contribution in [0.1, 0.15) is 19.2 Å². The molecule has 0 aliphatic rings. The summed E-state index contributed by atoms with van der Waals surface area (Å²) in [6.07, 6.45) is 5.84. The maximum absolute atomic E-state index is 5.57. The number of hydrogen-bond donors (Lipinski definition) is 1. The van der Waals surface area contributed by atoms with Crippen molar-refractivity contribution in [1.82, 2.24) is 14.5 Å². The second kappa shape index (κ2) is 6.60. The highest BCUT2D eigenvalue weighted by molar-refractivity contribution is 7.80. The molecule has 0 saturated carbocycles. The molecule has 1 rings (SSSR count). The molecule has 0 saturated heterocycles. The highest BCUT2D eigenvalue weighted by atomic mass is 32.1. The molecule has 0 atom stereocenters. The predicted molar refractivity (Wildman–Crippen MR) is 70.4 cm³/mol. The number of nitrogens with two attached hydrogens (primary N) is 1. The molecule has 90 valence electrons. The third-order valence-electron chi connectivity index (χ3n) is 2.49. The number of nitrogens with zero attached hydrogens (tertiary/aromatic N) is 3. The van der Waals surface area contributed by atoms with Gasteiger partial charge in [0.05, 0.1) is 4.99 Å². The van der Waals surface area contributed by atoms with Gasteiger partial charge in [-0.3, -0.25) is 4.90 Å². The maximum atomic E-state index is 5.57. The summed E-state index contributed by atoms with van der Waals surface area (Å²) >= 11 is 4.94. The Morgan fingerprint density at radius 2 is 2.31 bits per heavy atom. The minimum Gasteiger partial charge on any atom is -0.392 e. The molecule has 0 bridgehead atoms. The third kappa shape index (κ3) is 4.28. The van der Waals surface area contributed by atoms with Crippen LogP contribution in [-0.2, 0) is 13.5 Å². The summed E-state index contributed by atoms with van der Waals surface area (Å²) in [4.78, 5) is 7.14. The van der Waals surface area contributed by atoms with E-state index in [1.807, 2.05) is 24.0 Å². The predicted octanol–water partition coefficient (Wildman–Crippen LogP) is 0.961. The summed E-state index contributed by atoms with van der Waals surface area (Å²) in [5.74, 6) is 1.10. The monoisotopic (exact) mass is 240 g/mol. The van der Waals surface area contributed by atoms with E-state index in [1.165, 1.54) is 0 Å². The number of aromatic nitrogens is 2. The molecule has 0 radical (unpaired) electrons. The van der Waals surface area contributed by atoms with Crippen molar-refractivity contribution in [3.8, 4) is 0 Å². The second-order valence-electron chi connectivity index (χ2n) is 3.95. The van der Waals surface area contributed by atoms with Crippen molar-refractivity contribution in [2.24, 2.45) is 12.8 Å². The van der Waals surface area contributed by atoms with Gasteiger partial charge in [0.15, 0.2) is 0 Å². The van der Waals surface area contributed by atoms with Gasteiger partial charge in [0.25, 0.3) is 0 Å². The average molecular weight is 240 g/mol. The lowest BCUT2D eigenvalue weighted by atomic mass is 10.3. The molecule has 0 amide bonds. The largest absolute Gasteiger partial charge is 0.392 e. The van der Waals surface area contributed by atoms with Crippen molar-refractivity contribution in [3.05, 3.63) is 18.2 Å². The molecular formula is C11H20N4S. The standard InChI is InChI=1S/C11H20N4S/c1-3-6-15(9-10(12)16)7-4-11-13-5-8-14(11)2/h5,8H,3-4,6-7,9H2,1-2H3,(H2,12,16). The van der Waals surface area contributed by atoms with Crippen LogP contribution in [0, 0.1) is 0 Å². The van der Waals surface area contributed by atoms with Crippen LogP contribution >= 0.6 is 12.2 Å². The van der Waals surface area contributed by atoms with E-state index >= 15 is 0 Å². The van der Waals surface area contributed by atoms with Crippen LogP contribution < -0.4 is 5.73 Å². The zero-order chi connectivity index (χ0) is 12.0. The van der Waals surface area contributed by atoms with Gasteiger partial charge in [-0.05, 0) is 13.0 Å². The fraction of sp³-hybridized carbons (Fsp3) is 0.636. The summed E-state index contributed by atoms with van der Waals surface area (Å²) in [5, 5.41) is 0. The Morgan fingerprint density at radius 1 is 1.56 bits per heavy atom. The first-order chi connectivity index (χ1) is 7.63. The van der Waals surface area contributed by atoms with Crippen LogP contribution in [0.4, 0.5) is 0 Å². The van der Waals surface area contributed by atoms with Gasteiger partial charge in [-0.25, -0.2) is 4.98 Å². The van der Waals surface area contributed by atoms with Gasteiger partial charge >= 0.3 is 0 Å². The molecular weight excluding hydrogens is 220 g/mol. The van der Waals surface area contributed by atoms with Crippen LogP contribution in [0.15, 0.2) is 12.4 Å². The van der Waals surface area contributed by atoms with Crippen LogP contribution in [0.3, 0.4) is 0 Å². The van der Waals surface area contributed by atoms with Gasteiger partial charge in [-0.2, -0.15) is 0 Å². The smallest absolute Gasteiger partial charge is 0.109 e. The van der Waals surface area contributed by atoms with Crippen molar-refractivity contribution < 1.29 is 0 Å². The van der Waals surface area contributed by atoms with Gasteiger partial charge in [0.2, 0.25) is 0 Å². The molecule has 1 aromatic heterocycles. The van der Waals surface area contributed by atoms with E-state index in [2.05, 4.69) is 16.8 Å². The zero-order valence-electron chi connectivity index (χ0n) is 10.0. The molecule has 0 aromatic carbocycles. The molecule has 0 unspecified atom stereocenters. The Kier molecular flexibility index (Phi) is 5.42. The molecule has 16 heavy (non-hydrogen) atoms. The number of imidazole rings is 1. The van der Waals surface area contributed by atoms with E-state index in [1.54, 1.807) is 0 Å². The Labute approximate surface area is 102 Å². The highest BCUT2D eigenvalue weighted by Gasteiger charge is 2.07. The van der Waals surface area contributed by atoms with Gasteiger partial charge in [-0.1, -0.05) is 19.1 Å². The van der Waals surface area contributed by atoms with E-state index in [0.29, 0.717) is 11.5 Å². The summed E-state index contributed by atoms with van der Waals surface area (Å²) in [7, 11) is 2.01. The summed E-state index contributed by atoms with van der Waals surface area (Å²) < 4.78 is 2.05. The Balaban J connectivity index is 2.43. The summed E-state index contributed by atoms with van der Waals surface area (Å²) in [5.41, 5.74) is 5.57. The summed E-state index contributed by atoms with van der Waals surface area (Å²) in [6, 6.07) is 0.